The van der Waals surface area contributed by atoms with Gasteiger partial charge in [-0.3, -0.25) is 0 Å². The number of rotatable bonds is 4. The summed E-state index contributed by atoms with van der Waals surface area (Å²) in [7, 11) is 0. The van der Waals surface area contributed by atoms with Crippen LogP contribution < -0.4 is 10.5 Å². The number of ether oxygens (including phenoxy) is 1. The molecule has 0 aliphatic heterocycles. The molecule has 3 N–H and O–H groups in total. The first-order valence-corrected chi connectivity index (χ1v) is 7.99. The fourth-order valence-corrected chi connectivity index (χ4v) is 3.10. The molecule has 1 unspecified atom stereocenters. The molecule has 1 saturated carbocycles. The molecule has 2 aromatic rings. The minimum absolute atomic E-state index is 0.0847. The van der Waals surface area contributed by atoms with Crippen LogP contribution in [0.25, 0.3) is 0 Å². The lowest BCUT2D eigenvalue weighted by Crippen LogP contribution is -2.08. The summed E-state index contributed by atoms with van der Waals surface area (Å²) >= 11 is 0. The van der Waals surface area contributed by atoms with Crippen molar-refractivity contribution in [3.63, 3.8) is 0 Å². The number of anilines is 1. The highest BCUT2D eigenvalue weighted by molar-refractivity contribution is 6.05. The van der Waals surface area contributed by atoms with E-state index in [0.29, 0.717) is 12.3 Å². The van der Waals surface area contributed by atoms with Gasteiger partial charge in [0.1, 0.15) is 12.4 Å². The molecule has 0 heterocycles. The molecule has 0 aromatic heterocycles. The fraction of sp³-hybridized carbons (Fsp3) is 0.250. The van der Waals surface area contributed by atoms with Gasteiger partial charge >= 0.3 is 0 Å². The number of hydrogen-bond donors (Lipinski definition) is 2. The predicted octanol–water partition coefficient (Wildman–Crippen LogP) is 4.69. The van der Waals surface area contributed by atoms with Gasteiger partial charge in [-0.2, -0.15) is 0 Å². The van der Waals surface area contributed by atoms with Crippen molar-refractivity contribution in [2.45, 2.75) is 32.3 Å². The van der Waals surface area contributed by atoms with Gasteiger partial charge in [0.15, 0.2) is 0 Å². The Morgan fingerprint density at radius 1 is 1.22 bits per heavy atom. The summed E-state index contributed by atoms with van der Waals surface area (Å²) in [5, 5.41) is 8.34. The molecule has 0 bridgehead atoms. The van der Waals surface area contributed by atoms with Crippen LogP contribution in [-0.4, -0.2) is 5.71 Å². The first kappa shape index (κ1) is 15.3. The van der Waals surface area contributed by atoms with E-state index in [1.807, 2.05) is 61.5 Å². The summed E-state index contributed by atoms with van der Waals surface area (Å²) in [6.45, 7) is 2.53. The van der Waals surface area contributed by atoms with E-state index in [1.54, 1.807) is 0 Å². The Kier molecular flexibility index (Phi) is 4.47. The summed E-state index contributed by atoms with van der Waals surface area (Å²) < 4.78 is 5.90. The Balaban J connectivity index is 1.78. The van der Waals surface area contributed by atoms with Crippen molar-refractivity contribution >= 4 is 11.4 Å². The molecule has 3 heteroatoms. The normalized spacial score (nSPS) is 19.3. The van der Waals surface area contributed by atoms with Crippen LogP contribution in [0.15, 0.2) is 60.2 Å². The van der Waals surface area contributed by atoms with E-state index in [-0.39, 0.29) is 5.92 Å². The molecule has 1 fully saturated rings. The van der Waals surface area contributed by atoms with Crippen LogP contribution in [0.1, 0.15) is 36.8 Å². The zero-order valence-corrected chi connectivity index (χ0v) is 13.4. The molecule has 1 aliphatic carbocycles. The van der Waals surface area contributed by atoms with Crippen LogP contribution in [0.5, 0.6) is 5.75 Å². The molecule has 0 spiro atoms. The van der Waals surface area contributed by atoms with Crippen molar-refractivity contribution in [2.75, 3.05) is 5.73 Å². The van der Waals surface area contributed by atoms with Crippen LogP contribution >= 0.6 is 0 Å². The van der Waals surface area contributed by atoms with Gasteiger partial charge in [-0.05, 0) is 54.7 Å². The van der Waals surface area contributed by atoms with Gasteiger partial charge < -0.3 is 15.9 Å². The van der Waals surface area contributed by atoms with E-state index in [1.165, 1.54) is 0 Å². The topological polar surface area (TPSA) is 59.1 Å². The van der Waals surface area contributed by atoms with Crippen molar-refractivity contribution in [2.24, 2.45) is 0 Å². The smallest absolute Gasteiger partial charge is 0.120 e. The Bertz CT molecular complexity index is 735. The lowest BCUT2D eigenvalue weighted by atomic mass is 9.94. The third-order valence-electron chi connectivity index (χ3n) is 4.43. The van der Waals surface area contributed by atoms with E-state index in [0.717, 1.165) is 41.0 Å². The highest BCUT2D eigenvalue weighted by Crippen LogP contribution is 2.38. The maximum atomic E-state index is 8.34. The van der Waals surface area contributed by atoms with Gasteiger partial charge in [-0.1, -0.05) is 36.4 Å². The number of hydrogen-bond acceptors (Lipinski definition) is 3. The van der Waals surface area contributed by atoms with Crippen molar-refractivity contribution < 1.29 is 4.74 Å². The van der Waals surface area contributed by atoms with Gasteiger partial charge in [0.25, 0.3) is 0 Å². The molecule has 0 amide bonds. The van der Waals surface area contributed by atoms with Crippen LogP contribution in [0, 0.1) is 5.41 Å². The summed E-state index contributed by atoms with van der Waals surface area (Å²) in [6.07, 6.45) is 3.94. The largest absolute Gasteiger partial charge is 0.489 e. The predicted molar refractivity (Wildman–Crippen MR) is 95.1 cm³/mol. The zero-order valence-electron chi connectivity index (χ0n) is 13.4. The van der Waals surface area contributed by atoms with Crippen LogP contribution in [-0.2, 0) is 6.61 Å². The second-order valence-corrected chi connectivity index (χ2v) is 5.88. The molecular weight excluding hydrogens is 284 g/mol. The van der Waals surface area contributed by atoms with Crippen LogP contribution in [0.4, 0.5) is 5.69 Å². The number of benzene rings is 2. The Labute approximate surface area is 137 Å². The summed E-state index contributed by atoms with van der Waals surface area (Å²) in [5.74, 6) is 0.890. The average Bonchev–Trinajstić information content (AvgIpc) is 2.95. The van der Waals surface area contributed by atoms with Gasteiger partial charge in [-0.25, -0.2) is 0 Å². The number of allylic oxidation sites excluding steroid dienone is 2. The second kappa shape index (κ2) is 6.69. The molecule has 118 valence electrons. The maximum Gasteiger partial charge on any atom is 0.120 e. The summed E-state index contributed by atoms with van der Waals surface area (Å²) in [5.41, 5.74) is 10.9. The van der Waals surface area contributed by atoms with Crippen molar-refractivity contribution in [3.8, 4) is 5.75 Å². The van der Waals surface area contributed by atoms with Crippen LogP contribution in [0.3, 0.4) is 0 Å². The van der Waals surface area contributed by atoms with Crippen molar-refractivity contribution in [3.05, 3.63) is 71.3 Å². The van der Waals surface area contributed by atoms with Crippen molar-refractivity contribution in [1.29, 1.82) is 5.41 Å². The molecule has 0 saturated heterocycles. The van der Waals surface area contributed by atoms with Gasteiger partial charge in [0.05, 0.1) is 0 Å². The first-order valence-electron chi connectivity index (χ1n) is 7.99. The average molecular weight is 306 g/mol. The number of nitrogen functional groups attached to an aromatic ring is 1. The standard InChI is InChI=1S/C20H22N2O/c1-2-15-8-10-17(20(15)22)18-12-16(9-11-19(18)21)23-13-14-6-4-3-5-7-14/h2-7,9,11-12,17,22H,8,10,13,21H2,1H3/b15-2+,22-20?. The molecule has 1 atom stereocenters. The van der Waals surface area contributed by atoms with E-state index in [2.05, 4.69) is 0 Å². The Morgan fingerprint density at radius 3 is 2.70 bits per heavy atom. The maximum absolute atomic E-state index is 8.34. The minimum Gasteiger partial charge on any atom is -0.489 e. The van der Waals surface area contributed by atoms with Crippen molar-refractivity contribution in [1.82, 2.24) is 0 Å². The third-order valence-corrected chi connectivity index (χ3v) is 4.43. The number of nitrogens with two attached hydrogens (primary N) is 1. The second-order valence-electron chi connectivity index (χ2n) is 5.88. The third kappa shape index (κ3) is 3.29. The Hall–Kier alpha value is -2.55. The molecule has 23 heavy (non-hydrogen) atoms. The molecule has 0 radical (unpaired) electrons. The fourth-order valence-electron chi connectivity index (χ4n) is 3.10. The molecular formula is C20H22N2O. The zero-order chi connectivity index (χ0) is 16.2. The monoisotopic (exact) mass is 306 g/mol. The summed E-state index contributed by atoms with van der Waals surface area (Å²) in [4.78, 5) is 0. The highest BCUT2D eigenvalue weighted by Gasteiger charge is 2.28. The molecule has 1 aliphatic rings. The Morgan fingerprint density at radius 2 is 2.00 bits per heavy atom. The molecule has 3 rings (SSSR count). The van der Waals surface area contributed by atoms with E-state index in [9.17, 15) is 0 Å². The lowest BCUT2D eigenvalue weighted by molar-refractivity contribution is 0.306. The first-order chi connectivity index (χ1) is 11.2. The van der Waals surface area contributed by atoms with Gasteiger partial charge in [0, 0.05) is 17.3 Å². The van der Waals surface area contributed by atoms with E-state index in [4.69, 9.17) is 15.9 Å². The number of nitrogens with one attached hydrogen (secondary N) is 1. The highest BCUT2D eigenvalue weighted by atomic mass is 16.5. The van der Waals surface area contributed by atoms with E-state index < -0.39 is 0 Å². The molecule has 2 aromatic carbocycles. The van der Waals surface area contributed by atoms with E-state index >= 15 is 0 Å². The van der Waals surface area contributed by atoms with Gasteiger partial charge in [-0.15, -0.1) is 0 Å². The molecule has 3 nitrogen and oxygen atoms in total. The lowest BCUT2D eigenvalue weighted by Gasteiger charge is -2.15. The van der Waals surface area contributed by atoms with Crippen LogP contribution in [0.2, 0.25) is 0 Å². The SMILES string of the molecule is C/C=C1\CCC(c2cc(OCc3ccccc3)ccc2N)C1=N. The summed E-state index contributed by atoms with van der Waals surface area (Å²) in [6, 6.07) is 15.9. The quantitative estimate of drug-likeness (QED) is 0.805. The minimum atomic E-state index is 0.0847. The van der Waals surface area contributed by atoms with Gasteiger partial charge in [0.2, 0.25) is 0 Å².